The molecule has 0 unspecified atom stereocenters. The number of hydrogen-bond acceptors (Lipinski definition) is 4. The molecule has 0 bridgehead atoms. The van der Waals surface area contributed by atoms with Gasteiger partial charge in [-0.15, -0.1) is 0 Å². The molecule has 29 heavy (non-hydrogen) atoms. The van der Waals surface area contributed by atoms with Gasteiger partial charge < -0.3 is 10.2 Å². The lowest BCUT2D eigenvalue weighted by molar-refractivity contribution is -0.121. The van der Waals surface area contributed by atoms with Crippen LogP contribution < -0.4 is 5.32 Å². The zero-order chi connectivity index (χ0) is 20.2. The number of aromatic nitrogens is 3. The summed E-state index contributed by atoms with van der Waals surface area (Å²) in [7, 11) is 0. The summed E-state index contributed by atoms with van der Waals surface area (Å²) in [6.07, 6.45) is 4.68. The van der Waals surface area contributed by atoms with Crippen molar-refractivity contribution in [1.82, 2.24) is 20.1 Å². The second kappa shape index (κ2) is 8.26. The normalized spacial score (nSPS) is 14.6. The number of amides is 2. The Kier molecular flexibility index (Phi) is 5.37. The summed E-state index contributed by atoms with van der Waals surface area (Å²) in [6, 6.07) is 13.2. The lowest BCUT2D eigenvalue weighted by Crippen LogP contribution is -2.41. The van der Waals surface area contributed by atoms with Gasteiger partial charge in [-0.2, -0.15) is 5.10 Å². The maximum Gasteiger partial charge on any atom is 0.271 e. The van der Waals surface area contributed by atoms with Gasteiger partial charge in [0.15, 0.2) is 0 Å². The number of benzene rings is 1. The van der Waals surface area contributed by atoms with Crippen molar-refractivity contribution >= 4 is 17.5 Å². The third-order valence-electron chi connectivity index (χ3n) is 5.26. The number of hydrogen-bond donors (Lipinski definition) is 2. The first-order valence-electron chi connectivity index (χ1n) is 9.73. The van der Waals surface area contributed by atoms with Gasteiger partial charge in [-0.05, 0) is 50.1 Å². The number of anilines is 1. The van der Waals surface area contributed by atoms with Crippen molar-refractivity contribution in [3.05, 3.63) is 66.1 Å². The van der Waals surface area contributed by atoms with E-state index in [1.165, 1.54) is 0 Å². The average molecular weight is 389 g/mol. The Balaban J connectivity index is 1.33. The molecule has 3 aromatic rings. The standard InChI is InChI=1S/C22H23N5O2/c1-15-2-4-18(5-3-15)24-21(28)17-8-12-27(13-9-17)22(29)20-14-19(25-26-20)16-6-10-23-11-7-16/h2-7,10-11,14,17H,8-9,12-13H2,1H3,(H,24,28)(H,25,26). The van der Waals surface area contributed by atoms with E-state index < -0.39 is 0 Å². The smallest absolute Gasteiger partial charge is 0.271 e. The van der Waals surface area contributed by atoms with Crippen molar-refractivity contribution in [2.24, 2.45) is 5.92 Å². The number of nitrogens with zero attached hydrogens (tertiary/aromatic N) is 3. The predicted octanol–water partition coefficient (Wildman–Crippen LogP) is 3.27. The Morgan fingerprint density at radius 1 is 1.07 bits per heavy atom. The Bertz CT molecular complexity index is 990. The van der Waals surface area contributed by atoms with Crippen LogP contribution in [0.5, 0.6) is 0 Å². The summed E-state index contributed by atoms with van der Waals surface area (Å²) in [6.45, 7) is 3.11. The molecule has 7 heteroatoms. The van der Waals surface area contributed by atoms with E-state index in [1.54, 1.807) is 23.4 Å². The van der Waals surface area contributed by atoms with Gasteiger partial charge in [0.2, 0.25) is 5.91 Å². The van der Waals surface area contributed by atoms with Crippen molar-refractivity contribution in [3.8, 4) is 11.3 Å². The summed E-state index contributed by atoms with van der Waals surface area (Å²) in [4.78, 5) is 31.1. The first-order valence-corrected chi connectivity index (χ1v) is 9.73. The van der Waals surface area contributed by atoms with E-state index >= 15 is 0 Å². The number of nitrogens with one attached hydrogen (secondary N) is 2. The van der Waals surface area contributed by atoms with E-state index in [1.807, 2.05) is 43.3 Å². The van der Waals surface area contributed by atoms with Crippen molar-refractivity contribution in [1.29, 1.82) is 0 Å². The Morgan fingerprint density at radius 3 is 2.45 bits per heavy atom. The predicted molar refractivity (Wildman–Crippen MR) is 110 cm³/mol. The van der Waals surface area contributed by atoms with E-state index in [0.29, 0.717) is 37.3 Å². The summed E-state index contributed by atoms with van der Waals surface area (Å²) >= 11 is 0. The summed E-state index contributed by atoms with van der Waals surface area (Å²) in [5.74, 6) is -0.160. The third kappa shape index (κ3) is 4.34. The van der Waals surface area contributed by atoms with Crippen molar-refractivity contribution in [3.63, 3.8) is 0 Å². The molecule has 148 valence electrons. The molecule has 7 nitrogen and oxygen atoms in total. The Labute approximate surface area is 169 Å². The minimum atomic E-state index is -0.0884. The van der Waals surface area contributed by atoms with Crippen LogP contribution in [0.15, 0.2) is 54.9 Å². The zero-order valence-electron chi connectivity index (χ0n) is 16.3. The molecule has 2 amide bonds. The van der Waals surface area contributed by atoms with Crippen LogP contribution >= 0.6 is 0 Å². The van der Waals surface area contributed by atoms with Crippen molar-refractivity contribution in [2.45, 2.75) is 19.8 Å². The molecule has 2 N–H and O–H groups in total. The lowest BCUT2D eigenvalue weighted by Gasteiger charge is -2.31. The molecule has 1 saturated heterocycles. The third-order valence-corrected chi connectivity index (χ3v) is 5.26. The minimum absolute atomic E-state index is 0.0162. The fourth-order valence-electron chi connectivity index (χ4n) is 3.50. The van der Waals surface area contributed by atoms with Gasteiger partial charge >= 0.3 is 0 Å². The molecule has 0 aliphatic carbocycles. The summed E-state index contributed by atoms with van der Waals surface area (Å²) < 4.78 is 0. The van der Waals surface area contributed by atoms with Crippen LogP contribution in [0.3, 0.4) is 0 Å². The SMILES string of the molecule is Cc1ccc(NC(=O)C2CCN(C(=O)c3cc(-c4ccncc4)n[nH]3)CC2)cc1. The van der Waals surface area contributed by atoms with Crippen molar-refractivity contribution < 1.29 is 9.59 Å². The number of rotatable bonds is 4. The maximum absolute atomic E-state index is 12.8. The fraction of sp³-hybridized carbons (Fsp3) is 0.273. The molecular formula is C22H23N5O2. The van der Waals surface area contributed by atoms with Gasteiger partial charge in [-0.3, -0.25) is 19.7 Å². The van der Waals surface area contributed by atoms with E-state index in [4.69, 9.17) is 0 Å². The number of piperidine rings is 1. The van der Waals surface area contributed by atoms with Gasteiger partial charge in [-0.25, -0.2) is 0 Å². The van der Waals surface area contributed by atoms with Crippen LogP contribution in [0.1, 0.15) is 28.9 Å². The Morgan fingerprint density at radius 2 is 1.76 bits per heavy atom. The van der Waals surface area contributed by atoms with Gasteiger partial charge in [-0.1, -0.05) is 17.7 Å². The average Bonchev–Trinajstić information content (AvgIpc) is 3.26. The Hall–Kier alpha value is -3.48. The number of carbonyl (C=O) groups is 2. The van der Waals surface area contributed by atoms with Gasteiger partial charge in [0, 0.05) is 42.7 Å². The molecule has 2 aromatic heterocycles. The molecule has 4 rings (SSSR count). The van der Waals surface area contributed by atoms with Crippen LogP contribution in [0, 0.1) is 12.8 Å². The summed E-state index contributed by atoms with van der Waals surface area (Å²) in [5.41, 5.74) is 4.03. The number of H-pyrrole nitrogens is 1. The number of aromatic amines is 1. The highest BCUT2D eigenvalue weighted by Crippen LogP contribution is 2.22. The molecule has 1 aliphatic heterocycles. The van der Waals surface area contributed by atoms with E-state index in [2.05, 4.69) is 20.5 Å². The number of pyridine rings is 1. The zero-order valence-corrected chi connectivity index (χ0v) is 16.3. The summed E-state index contributed by atoms with van der Waals surface area (Å²) in [5, 5.41) is 10.0. The first kappa shape index (κ1) is 18.9. The van der Waals surface area contributed by atoms with E-state index in [0.717, 1.165) is 16.8 Å². The fourth-order valence-corrected chi connectivity index (χ4v) is 3.50. The van der Waals surface area contributed by atoms with Gasteiger partial charge in [0.05, 0.1) is 5.69 Å². The quantitative estimate of drug-likeness (QED) is 0.716. The molecule has 1 fully saturated rings. The van der Waals surface area contributed by atoms with Gasteiger partial charge in [0.1, 0.15) is 5.69 Å². The van der Waals surface area contributed by atoms with Crippen LogP contribution in [-0.4, -0.2) is 45.0 Å². The topological polar surface area (TPSA) is 91.0 Å². The van der Waals surface area contributed by atoms with E-state index in [9.17, 15) is 9.59 Å². The van der Waals surface area contributed by atoms with Gasteiger partial charge in [0.25, 0.3) is 5.91 Å². The van der Waals surface area contributed by atoms with Crippen LogP contribution in [0.2, 0.25) is 0 Å². The molecule has 1 aromatic carbocycles. The van der Waals surface area contributed by atoms with Crippen molar-refractivity contribution in [2.75, 3.05) is 18.4 Å². The highest BCUT2D eigenvalue weighted by Gasteiger charge is 2.28. The number of likely N-dealkylation sites (tertiary alicyclic amines) is 1. The molecule has 3 heterocycles. The highest BCUT2D eigenvalue weighted by atomic mass is 16.2. The first-order chi connectivity index (χ1) is 14.1. The van der Waals surface area contributed by atoms with Crippen LogP contribution in [0.4, 0.5) is 5.69 Å². The highest BCUT2D eigenvalue weighted by molar-refractivity contribution is 5.95. The number of aryl methyl sites for hydroxylation is 1. The van der Waals surface area contributed by atoms with Crippen LogP contribution in [0.25, 0.3) is 11.3 Å². The second-order valence-electron chi connectivity index (χ2n) is 7.32. The largest absolute Gasteiger partial charge is 0.337 e. The minimum Gasteiger partial charge on any atom is -0.337 e. The maximum atomic E-state index is 12.8. The monoisotopic (exact) mass is 389 g/mol. The molecular weight excluding hydrogens is 366 g/mol. The molecule has 0 radical (unpaired) electrons. The molecule has 0 saturated carbocycles. The van der Waals surface area contributed by atoms with E-state index in [-0.39, 0.29) is 17.7 Å². The molecule has 1 aliphatic rings. The molecule has 0 atom stereocenters. The molecule has 0 spiro atoms. The number of carbonyl (C=O) groups excluding carboxylic acids is 2. The second-order valence-corrected chi connectivity index (χ2v) is 7.32. The van der Waals surface area contributed by atoms with Crippen LogP contribution in [-0.2, 0) is 4.79 Å². The lowest BCUT2D eigenvalue weighted by atomic mass is 9.95.